The van der Waals surface area contributed by atoms with Gasteiger partial charge in [-0.05, 0) is 11.4 Å². The minimum atomic E-state index is 0.165. The third-order valence-electron chi connectivity index (χ3n) is 3.30. The summed E-state index contributed by atoms with van der Waals surface area (Å²) in [4.78, 5) is 20.1. The highest BCUT2D eigenvalue weighted by Gasteiger charge is 2.20. The van der Waals surface area contributed by atoms with E-state index in [1.165, 1.54) is 5.56 Å². The molecule has 0 aliphatic carbocycles. The van der Waals surface area contributed by atoms with E-state index in [-0.39, 0.29) is 5.91 Å². The van der Waals surface area contributed by atoms with Gasteiger partial charge in [-0.2, -0.15) is 11.3 Å². The Morgan fingerprint density at radius 2 is 2.05 bits per heavy atom. The van der Waals surface area contributed by atoms with E-state index < -0.39 is 0 Å². The smallest absolute Gasteiger partial charge is 0.219 e. The van der Waals surface area contributed by atoms with Crippen LogP contribution in [0.15, 0.2) is 22.2 Å². The molecule has 3 rings (SSSR count). The third-order valence-corrected chi connectivity index (χ3v) is 4.89. The monoisotopic (exact) mass is 293 g/mol. The molecule has 0 radical (unpaired) electrons. The lowest BCUT2D eigenvalue weighted by atomic mass is 10.3. The van der Waals surface area contributed by atoms with Crippen LogP contribution >= 0.6 is 22.7 Å². The predicted molar refractivity (Wildman–Crippen MR) is 79.9 cm³/mol. The van der Waals surface area contributed by atoms with Crippen molar-refractivity contribution in [3.63, 3.8) is 0 Å². The molecule has 19 heavy (non-hydrogen) atoms. The molecular weight excluding hydrogens is 278 g/mol. The minimum absolute atomic E-state index is 0.165. The van der Waals surface area contributed by atoms with Crippen LogP contribution in [0, 0.1) is 0 Å². The summed E-state index contributed by atoms with van der Waals surface area (Å²) < 4.78 is 0. The topological polar surface area (TPSA) is 36.4 Å². The first-order valence-corrected chi connectivity index (χ1v) is 8.05. The molecule has 1 aliphatic rings. The molecule has 1 aliphatic heterocycles. The molecule has 1 saturated heterocycles. The molecule has 0 N–H and O–H groups in total. The summed E-state index contributed by atoms with van der Waals surface area (Å²) >= 11 is 3.37. The Morgan fingerprint density at radius 3 is 2.68 bits per heavy atom. The van der Waals surface area contributed by atoms with Crippen LogP contribution < -0.4 is 4.90 Å². The molecule has 0 saturated carbocycles. The predicted octanol–water partition coefficient (Wildman–Crippen LogP) is 2.54. The van der Waals surface area contributed by atoms with E-state index in [9.17, 15) is 4.79 Å². The van der Waals surface area contributed by atoms with E-state index in [0.29, 0.717) is 0 Å². The molecule has 0 aromatic carbocycles. The summed E-state index contributed by atoms with van der Waals surface area (Å²) in [6.45, 7) is 4.96. The van der Waals surface area contributed by atoms with E-state index in [1.54, 1.807) is 29.6 Å². The van der Waals surface area contributed by atoms with Gasteiger partial charge in [-0.15, -0.1) is 11.3 Å². The molecule has 1 amide bonds. The molecule has 1 fully saturated rings. The maximum Gasteiger partial charge on any atom is 0.219 e. The van der Waals surface area contributed by atoms with Crippen molar-refractivity contribution in [1.82, 2.24) is 9.88 Å². The van der Waals surface area contributed by atoms with Gasteiger partial charge in [-0.3, -0.25) is 4.79 Å². The fraction of sp³-hybridized carbons (Fsp3) is 0.385. The van der Waals surface area contributed by atoms with Gasteiger partial charge in [0.2, 0.25) is 5.91 Å². The molecular formula is C13H15N3OS2. The van der Waals surface area contributed by atoms with Crippen LogP contribution in [0.25, 0.3) is 11.3 Å². The number of hydrogen-bond acceptors (Lipinski definition) is 5. The van der Waals surface area contributed by atoms with Gasteiger partial charge in [-0.1, -0.05) is 0 Å². The van der Waals surface area contributed by atoms with Crippen molar-refractivity contribution < 1.29 is 4.79 Å². The molecule has 100 valence electrons. The van der Waals surface area contributed by atoms with Gasteiger partial charge in [0.25, 0.3) is 0 Å². The van der Waals surface area contributed by atoms with Gasteiger partial charge in [0.1, 0.15) is 0 Å². The Labute approximate surface area is 120 Å². The van der Waals surface area contributed by atoms with Gasteiger partial charge >= 0.3 is 0 Å². The van der Waals surface area contributed by atoms with Crippen LogP contribution in [-0.2, 0) is 4.79 Å². The van der Waals surface area contributed by atoms with Crippen LogP contribution in [0.2, 0.25) is 0 Å². The van der Waals surface area contributed by atoms with Gasteiger partial charge in [0, 0.05) is 49.4 Å². The highest BCUT2D eigenvalue weighted by molar-refractivity contribution is 7.14. The first-order valence-electron chi connectivity index (χ1n) is 6.22. The number of hydrogen-bond donors (Lipinski definition) is 0. The second-order valence-electron chi connectivity index (χ2n) is 4.52. The summed E-state index contributed by atoms with van der Waals surface area (Å²) in [5, 5.41) is 7.35. The van der Waals surface area contributed by atoms with Crippen molar-refractivity contribution >= 4 is 33.7 Å². The number of piperazine rings is 1. The number of thiazole rings is 1. The lowest BCUT2D eigenvalue weighted by Crippen LogP contribution is -2.48. The number of nitrogens with zero attached hydrogens (tertiary/aromatic N) is 3. The quantitative estimate of drug-likeness (QED) is 0.854. The Bertz CT molecular complexity index is 556. The number of aromatic nitrogens is 1. The summed E-state index contributed by atoms with van der Waals surface area (Å²) in [6, 6.07) is 2.09. The summed E-state index contributed by atoms with van der Waals surface area (Å²) in [7, 11) is 0. The molecule has 0 bridgehead atoms. The van der Waals surface area contributed by atoms with E-state index in [4.69, 9.17) is 4.98 Å². The van der Waals surface area contributed by atoms with E-state index in [0.717, 1.165) is 37.0 Å². The van der Waals surface area contributed by atoms with Crippen LogP contribution in [0.3, 0.4) is 0 Å². The fourth-order valence-corrected chi connectivity index (χ4v) is 3.70. The number of anilines is 1. The largest absolute Gasteiger partial charge is 0.345 e. The van der Waals surface area contributed by atoms with Crippen molar-refractivity contribution in [1.29, 1.82) is 0 Å². The zero-order valence-electron chi connectivity index (χ0n) is 10.7. The number of rotatable bonds is 2. The molecule has 0 spiro atoms. The van der Waals surface area contributed by atoms with E-state index in [1.807, 2.05) is 4.90 Å². The second kappa shape index (κ2) is 5.30. The summed E-state index contributed by atoms with van der Waals surface area (Å²) in [5.74, 6) is 0.165. The molecule has 3 heterocycles. The first kappa shape index (κ1) is 12.6. The maximum atomic E-state index is 11.3. The Balaban J connectivity index is 1.69. The molecule has 4 nitrogen and oxygen atoms in total. The average molecular weight is 293 g/mol. The summed E-state index contributed by atoms with van der Waals surface area (Å²) in [6.07, 6.45) is 0. The Kier molecular flexibility index (Phi) is 3.52. The lowest BCUT2D eigenvalue weighted by Gasteiger charge is -2.33. The zero-order valence-corrected chi connectivity index (χ0v) is 12.3. The van der Waals surface area contributed by atoms with E-state index in [2.05, 4.69) is 27.1 Å². The number of carbonyl (C=O) groups excluding carboxylic acids is 1. The van der Waals surface area contributed by atoms with Crippen LogP contribution in [0.4, 0.5) is 5.13 Å². The normalized spacial score (nSPS) is 15.8. The van der Waals surface area contributed by atoms with Crippen molar-refractivity contribution in [2.24, 2.45) is 0 Å². The van der Waals surface area contributed by atoms with Crippen LogP contribution in [-0.4, -0.2) is 42.0 Å². The number of thiophene rings is 1. The standard InChI is InChI=1S/C13H15N3OS2/c1-10(17)15-3-5-16(6-4-15)13-14-12(9-19-13)11-2-7-18-8-11/h2,7-9H,3-6H2,1H3. The van der Waals surface area contributed by atoms with Gasteiger partial charge < -0.3 is 9.80 Å². The van der Waals surface area contributed by atoms with Crippen molar-refractivity contribution in [3.05, 3.63) is 22.2 Å². The average Bonchev–Trinajstić information content (AvgIpc) is 3.10. The van der Waals surface area contributed by atoms with Crippen molar-refractivity contribution in [2.75, 3.05) is 31.1 Å². The summed E-state index contributed by atoms with van der Waals surface area (Å²) in [5.41, 5.74) is 2.24. The van der Waals surface area contributed by atoms with Gasteiger partial charge in [0.15, 0.2) is 5.13 Å². The molecule has 0 atom stereocenters. The highest BCUT2D eigenvalue weighted by atomic mass is 32.1. The second-order valence-corrected chi connectivity index (χ2v) is 6.14. The maximum absolute atomic E-state index is 11.3. The van der Waals surface area contributed by atoms with Crippen LogP contribution in [0.5, 0.6) is 0 Å². The zero-order chi connectivity index (χ0) is 13.2. The molecule has 2 aromatic rings. The minimum Gasteiger partial charge on any atom is -0.345 e. The van der Waals surface area contributed by atoms with Crippen LogP contribution in [0.1, 0.15) is 6.92 Å². The van der Waals surface area contributed by atoms with Crippen molar-refractivity contribution in [2.45, 2.75) is 6.92 Å². The Hall–Kier alpha value is -1.40. The van der Waals surface area contributed by atoms with Crippen molar-refractivity contribution in [3.8, 4) is 11.3 Å². The van der Waals surface area contributed by atoms with E-state index >= 15 is 0 Å². The molecule has 0 unspecified atom stereocenters. The van der Waals surface area contributed by atoms with Gasteiger partial charge in [-0.25, -0.2) is 4.98 Å². The third kappa shape index (κ3) is 2.64. The van der Waals surface area contributed by atoms with Gasteiger partial charge in [0.05, 0.1) is 5.69 Å². The Morgan fingerprint density at radius 1 is 1.26 bits per heavy atom. The lowest BCUT2D eigenvalue weighted by molar-refractivity contribution is -0.129. The number of carbonyl (C=O) groups is 1. The SMILES string of the molecule is CC(=O)N1CCN(c2nc(-c3ccsc3)cs2)CC1. The fourth-order valence-electron chi connectivity index (χ4n) is 2.16. The molecule has 2 aromatic heterocycles. The number of amides is 1. The first-order chi connectivity index (χ1) is 9.24. The molecule has 6 heteroatoms. The highest BCUT2D eigenvalue weighted by Crippen LogP contribution is 2.29.